The van der Waals surface area contributed by atoms with E-state index in [1.165, 1.54) is 4.90 Å². The number of hydrogen-bond donors (Lipinski definition) is 2. The monoisotopic (exact) mass is 271 g/mol. The summed E-state index contributed by atoms with van der Waals surface area (Å²) in [6.45, 7) is 6.87. The van der Waals surface area contributed by atoms with E-state index in [2.05, 4.69) is 4.72 Å². The predicted octanol–water partition coefficient (Wildman–Crippen LogP) is 0.0347. The van der Waals surface area contributed by atoms with Gasteiger partial charge in [-0.15, -0.1) is 0 Å². The topological polar surface area (TPSA) is 50.6 Å². The fourth-order valence-corrected chi connectivity index (χ4v) is 3.58. The Morgan fingerprint density at radius 3 is 2.06 bits per heavy atom. The molecule has 0 spiro atoms. The van der Waals surface area contributed by atoms with Gasteiger partial charge in [0, 0.05) is 0 Å². The van der Waals surface area contributed by atoms with Crippen molar-refractivity contribution < 1.29 is 13.3 Å². The lowest BCUT2D eigenvalue weighted by Gasteiger charge is -2.13. The first kappa shape index (κ1) is 15.1. The van der Waals surface area contributed by atoms with Gasteiger partial charge in [-0.25, -0.2) is 13.1 Å². The third-order valence-electron chi connectivity index (χ3n) is 2.79. The maximum atomic E-state index is 12.2. The average Bonchev–Trinajstić information content (AvgIpc) is 2.13. The van der Waals surface area contributed by atoms with Crippen molar-refractivity contribution >= 4 is 10.0 Å². The molecule has 4 nitrogen and oxygen atoms in total. The van der Waals surface area contributed by atoms with Crippen LogP contribution in [0.3, 0.4) is 0 Å². The Labute approximate surface area is 110 Å². The molecular formula is C13H23N2O2S+. The van der Waals surface area contributed by atoms with Crippen LogP contribution in [0.1, 0.15) is 16.7 Å². The minimum absolute atomic E-state index is 0.418. The second-order valence-corrected chi connectivity index (χ2v) is 6.79. The van der Waals surface area contributed by atoms with E-state index < -0.39 is 10.0 Å². The van der Waals surface area contributed by atoms with Gasteiger partial charge in [-0.3, -0.25) is 0 Å². The quantitative estimate of drug-likeness (QED) is 0.794. The van der Waals surface area contributed by atoms with E-state index in [9.17, 15) is 8.42 Å². The second kappa shape index (κ2) is 5.82. The summed E-state index contributed by atoms with van der Waals surface area (Å²) < 4.78 is 27.2. The highest BCUT2D eigenvalue weighted by molar-refractivity contribution is 7.89. The fourth-order valence-electron chi connectivity index (χ4n) is 2.10. The van der Waals surface area contributed by atoms with Crippen molar-refractivity contribution in [2.45, 2.75) is 25.7 Å². The van der Waals surface area contributed by atoms with Gasteiger partial charge in [0.1, 0.15) is 0 Å². The molecule has 18 heavy (non-hydrogen) atoms. The Hall–Kier alpha value is -0.910. The van der Waals surface area contributed by atoms with E-state index in [1.54, 1.807) is 0 Å². The Kier molecular flexibility index (Phi) is 4.90. The predicted molar refractivity (Wildman–Crippen MR) is 73.5 cm³/mol. The highest BCUT2D eigenvalue weighted by Gasteiger charge is 2.19. The van der Waals surface area contributed by atoms with E-state index in [4.69, 9.17) is 0 Å². The third-order valence-corrected chi connectivity index (χ3v) is 4.56. The zero-order chi connectivity index (χ0) is 13.9. The molecule has 0 aliphatic rings. The summed E-state index contributed by atoms with van der Waals surface area (Å²) in [7, 11) is 0.596. The lowest BCUT2D eigenvalue weighted by molar-refractivity contribution is -0.856. The molecule has 0 unspecified atom stereocenters. The highest BCUT2D eigenvalue weighted by Crippen LogP contribution is 2.21. The molecule has 1 aromatic rings. The summed E-state index contributed by atoms with van der Waals surface area (Å²) in [5, 5.41) is 0. The summed E-state index contributed by atoms with van der Waals surface area (Å²) in [6, 6.07) is 3.80. The van der Waals surface area contributed by atoms with Crippen molar-refractivity contribution in [2.75, 3.05) is 27.2 Å². The van der Waals surface area contributed by atoms with Crippen LogP contribution in [0, 0.1) is 20.8 Å². The number of benzene rings is 1. The van der Waals surface area contributed by atoms with Crippen LogP contribution >= 0.6 is 0 Å². The normalized spacial score (nSPS) is 12.1. The number of quaternary nitrogens is 1. The Morgan fingerprint density at radius 2 is 1.61 bits per heavy atom. The van der Waals surface area contributed by atoms with Gasteiger partial charge < -0.3 is 4.90 Å². The lowest BCUT2D eigenvalue weighted by Crippen LogP contribution is -3.06. The molecule has 0 fully saturated rings. The molecule has 102 valence electrons. The van der Waals surface area contributed by atoms with Crippen molar-refractivity contribution in [1.29, 1.82) is 0 Å². The van der Waals surface area contributed by atoms with Crippen LogP contribution in [0.25, 0.3) is 0 Å². The van der Waals surface area contributed by atoms with E-state index in [0.29, 0.717) is 11.4 Å². The summed E-state index contributed by atoms with van der Waals surface area (Å²) in [4.78, 5) is 1.64. The first-order valence-electron chi connectivity index (χ1n) is 6.10. The summed E-state index contributed by atoms with van der Waals surface area (Å²) >= 11 is 0. The molecule has 0 aliphatic carbocycles. The van der Waals surface area contributed by atoms with Gasteiger partial charge in [-0.05, 0) is 31.9 Å². The maximum Gasteiger partial charge on any atom is 0.241 e. The molecule has 0 heterocycles. The zero-order valence-electron chi connectivity index (χ0n) is 11.8. The zero-order valence-corrected chi connectivity index (χ0v) is 12.6. The van der Waals surface area contributed by atoms with Gasteiger partial charge in [0.05, 0.1) is 32.1 Å². The molecule has 0 saturated carbocycles. The van der Waals surface area contributed by atoms with E-state index in [-0.39, 0.29) is 0 Å². The first-order valence-corrected chi connectivity index (χ1v) is 7.59. The number of likely N-dealkylation sites (N-methyl/N-ethyl adjacent to an activating group) is 1. The number of nitrogens with one attached hydrogen (secondary N) is 2. The SMILES string of the molecule is Cc1cc(C)c(S(=O)(=O)NCC[NH+](C)C)c(C)c1. The summed E-state index contributed by atoms with van der Waals surface area (Å²) in [5.41, 5.74) is 2.69. The molecule has 5 heteroatoms. The van der Waals surface area contributed by atoms with Crippen LogP contribution in [-0.4, -0.2) is 35.6 Å². The lowest BCUT2D eigenvalue weighted by atomic mass is 10.1. The molecule has 0 saturated heterocycles. The first-order chi connectivity index (χ1) is 8.24. The van der Waals surface area contributed by atoms with Crippen LogP contribution < -0.4 is 9.62 Å². The van der Waals surface area contributed by atoms with Crippen molar-refractivity contribution in [2.24, 2.45) is 0 Å². The fraction of sp³-hybridized carbons (Fsp3) is 0.538. The van der Waals surface area contributed by atoms with Crippen LogP contribution in [0.15, 0.2) is 17.0 Å². The van der Waals surface area contributed by atoms with Gasteiger partial charge in [-0.1, -0.05) is 17.7 Å². The number of sulfonamides is 1. The van der Waals surface area contributed by atoms with E-state index in [0.717, 1.165) is 23.2 Å². The molecule has 0 radical (unpaired) electrons. The third kappa shape index (κ3) is 3.80. The van der Waals surface area contributed by atoms with Crippen molar-refractivity contribution in [3.8, 4) is 0 Å². The summed E-state index contributed by atoms with van der Waals surface area (Å²) in [5.74, 6) is 0. The molecule has 0 amide bonds. The van der Waals surface area contributed by atoms with E-state index >= 15 is 0 Å². The largest absolute Gasteiger partial charge is 0.339 e. The Bertz CT molecular complexity index is 499. The minimum atomic E-state index is -3.40. The molecule has 0 atom stereocenters. The van der Waals surface area contributed by atoms with Crippen LogP contribution in [-0.2, 0) is 10.0 Å². The number of aryl methyl sites for hydroxylation is 3. The molecule has 1 rings (SSSR count). The van der Waals surface area contributed by atoms with Gasteiger partial charge in [0.2, 0.25) is 10.0 Å². The Morgan fingerprint density at radius 1 is 1.11 bits per heavy atom. The molecule has 0 aromatic heterocycles. The standard InChI is InChI=1S/C13H22N2O2S/c1-10-8-11(2)13(12(3)9-10)18(16,17)14-6-7-15(4)5/h8-9,14H,6-7H2,1-5H3/p+1. The molecule has 1 aromatic carbocycles. The van der Waals surface area contributed by atoms with Gasteiger partial charge in [-0.2, -0.15) is 0 Å². The average molecular weight is 271 g/mol. The van der Waals surface area contributed by atoms with Gasteiger partial charge in [0.15, 0.2) is 0 Å². The highest BCUT2D eigenvalue weighted by atomic mass is 32.2. The minimum Gasteiger partial charge on any atom is -0.339 e. The maximum absolute atomic E-state index is 12.2. The smallest absolute Gasteiger partial charge is 0.241 e. The van der Waals surface area contributed by atoms with Crippen LogP contribution in [0.4, 0.5) is 0 Å². The van der Waals surface area contributed by atoms with Crippen LogP contribution in [0.2, 0.25) is 0 Å². The van der Waals surface area contributed by atoms with Crippen molar-refractivity contribution in [1.82, 2.24) is 4.72 Å². The van der Waals surface area contributed by atoms with Crippen molar-refractivity contribution in [3.63, 3.8) is 0 Å². The van der Waals surface area contributed by atoms with Crippen LogP contribution in [0.5, 0.6) is 0 Å². The molecule has 0 aliphatic heterocycles. The van der Waals surface area contributed by atoms with Gasteiger partial charge in [0.25, 0.3) is 0 Å². The number of rotatable bonds is 5. The van der Waals surface area contributed by atoms with Crippen molar-refractivity contribution in [3.05, 3.63) is 28.8 Å². The van der Waals surface area contributed by atoms with E-state index in [1.807, 2.05) is 47.0 Å². The number of hydrogen-bond acceptors (Lipinski definition) is 2. The summed E-state index contributed by atoms with van der Waals surface area (Å²) in [6.07, 6.45) is 0. The molecule has 0 bridgehead atoms. The molecular weight excluding hydrogens is 248 g/mol. The second-order valence-electron chi connectivity index (χ2n) is 5.08. The Balaban J connectivity index is 2.99. The molecule has 2 N–H and O–H groups in total. The van der Waals surface area contributed by atoms with Gasteiger partial charge >= 0.3 is 0 Å².